The average molecular weight is 323 g/mol. The fourth-order valence-electron chi connectivity index (χ4n) is 1.10. The van der Waals surface area contributed by atoms with Gasteiger partial charge in [0.1, 0.15) is 5.60 Å². The summed E-state index contributed by atoms with van der Waals surface area (Å²) in [6, 6.07) is 4.99. The van der Waals surface area contributed by atoms with Gasteiger partial charge in [-0.1, -0.05) is 17.7 Å². The van der Waals surface area contributed by atoms with Crippen LogP contribution in [0.2, 0.25) is 5.02 Å². The lowest BCUT2D eigenvalue weighted by molar-refractivity contribution is 0.00320. The van der Waals surface area contributed by atoms with E-state index in [9.17, 15) is 9.90 Å². The third-order valence-electron chi connectivity index (χ3n) is 2.17. The highest BCUT2D eigenvalue weighted by Gasteiger charge is 2.21. The maximum Gasteiger partial charge on any atom is 0.252 e. The van der Waals surface area contributed by atoms with Gasteiger partial charge < -0.3 is 15.5 Å². The van der Waals surface area contributed by atoms with Gasteiger partial charge in [0, 0.05) is 11.0 Å². The Kier molecular flexibility index (Phi) is 4.94. The summed E-state index contributed by atoms with van der Waals surface area (Å²) in [4.78, 5) is 11.8. The first-order valence-corrected chi connectivity index (χ1v) is 6.10. The second-order valence-electron chi connectivity index (χ2n) is 3.94. The van der Waals surface area contributed by atoms with E-state index in [0.29, 0.717) is 15.1 Å². The van der Waals surface area contributed by atoms with Gasteiger partial charge in [0.15, 0.2) is 0 Å². The molecule has 0 saturated carbocycles. The molecular formula is C11H13BrClNO3. The molecule has 0 saturated heterocycles. The molecule has 0 fully saturated rings. The number of hydrogen-bond acceptors (Lipinski definition) is 3. The molecule has 1 aromatic carbocycles. The number of carbonyl (C=O) groups excluding carboxylic acids is 1. The van der Waals surface area contributed by atoms with Crippen LogP contribution >= 0.6 is 27.5 Å². The van der Waals surface area contributed by atoms with E-state index < -0.39 is 18.1 Å². The molecule has 4 nitrogen and oxygen atoms in total. The van der Waals surface area contributed by atoms with Crippen LogP contribution in [-0.4, -0.2) is 34.9 Å². The van der Waals surface area contributed by atoms with Crippen LogP contribution in [-0.2, 0) is 0 Å². The molecule has 1 atom stereocenters. The molecule has 94 valence electrons. The number of hydrogen-bond donors (Lipinski definition) is 3. The van der Waals surface area contributed by atoms with Crippen molar-refractivity contribution in [3.05, 3.63) is 33.3 Å². The summed E-state index contributed by atoms with van der Waals surface area (Å²) in [5.74, 6) is -0.398. The van der Waals surface area contributed by atoms with E-state index in [2.05, 4.69) is 21.2 Å². The number of aliphatic hydroxyl groups excluding tert-OH is 1. The van der Waals surface area contributed by atoms with E-state index in [0.717, 1.165) is 0 Å². The summed E-state index contributed by atoms with van der Waals surface area (Å²) in [6.07, 6.45) is 0. The van der Waals surface area contributed by atoms with Gasteiger partial charge in [0.2, 0.25) is 0 Å². The molecule has 0 aliphatic carbocycles. The second kappa shape index (κ2) is 5.82. The Morgan fingerprint density at radius 3 is 2.82 bits per heavy atom. The minimum Gasteiger partial charge on any atom is -0.393 e. The number of carbonyl (C=O) groups is 1. The van der Waals surface area contributed by atoms with Crippen LogP contribution in [0, 0.1) is 0 Å². The maximum absolute atomic E-state index is 11.8. The maximum atomic E-state index is 11.8. The molecule has 1 amide bonds. The van der Waals surface area contributed by atoms with Crippen LogP contribution in [0.15, 0.2) is 22.7 Å². The fraction of sp³-hybridized carbons (Fsp3) is 0.364. The Hall–Kier alpha value is -0.620. The van der Waals surface area contributed by atoms with Crippen LogP contribution in [0.1, 0.15) is 17.3 Å². The van der Waals surface area contributed by atoms with Gasteiger partial charge in [0.05, 0.1) is 17.2 Å². The molecule has 6 heteroatoms. The van der Waals surface area contributed by atoms with Crippen LogP contribution < -0.4 is 5.32 Å². The van der Waals surface area contributed by atoms with Gasteiger partial charge >= 0.3 is 0 Å². The normalized spacial score (nSPS) is 14.2. The van der Waals surface area contributed by atoms with E-state index >= 15 is 0 Å². The van der Waals surface area contributed by atoms with Gasteiger partial charge in [-0.15, -0.1) is 0 Å². The highest BCUT2D eigenvalue weighted by atomic mass is 79.9. The monoisotopic (exact) mass is 321 g/mol. The van der Waals surface area contributed by atoms with Crippen molar-refractivity contribution in [2.24, 2.45) is 0 Å². The lowest BCUT2D eigenvalue weighted by atomic mass is 10.1. The van der Waals surface area contributed by atoms with Crippen molar-refractivity contribution in [1.29, 1.82) is 0 Å². The molecule has 3 N–H and O–H groups in total. The predicted molar refractivity (Wildman–Crippen MR) is 69.2 cm³/mol. The highest BCUT2D eigenvalue weighted by molar-refractivity contribution is 9.10. The Bertz CT molecular complexity index is 423. The lowest BCUT2D eigenvalue weighted by Gasteiger charge is -2.20. The van der Waals surface area contributed by atoms with Gasteiger partial charge in [-0.3, -0.25) is 4.79 Å². The number of amides is 1. The first-order chi connectivity index (χ1) is 7.87. The zero-order chi connectivity index (χ0) is 13.1. The molecule has 17 heavy (non-hydrogen) atoms. The Labute approximate surface area is 113 Å². The number of aliphatic hydroxyl groups is 2. The second-order valence-corrected chi connectivity index (χ2v) is 5.17. The van der Waals surface area contributed by atoms with Crippen LogP contribution in [0.3, 0.4) is 0 Å². The summed E-state index contributed by atoms with van der Waals surface area (Å²) in [7, 11) is 0. The zero-order valence-corrected chi connectivity index (χ0v) is 11.5. The molecule has 1 unspecified atom stereocenters. The SMILES string of the molecule is CC(O)(CO)CNC(=O)c1cccc(Br)c1Cl. The standard InChI is InChI=1S/C11H13BrClNO3/c1-11(17,6-15)5-14-10(16)7-3-2-4-8(12)9(7)13/h2-4,15,17H,5-6H2,1H3,(H,14,16). The van der Waals surface area contributed by atoms with Crippen LogP contribution in [0.5, 0.6) is 0 Å². The molecule has 0 aromatic heterocycles. The van der Waals surface area contributed by atoms with Gasteiger partial charge in [-0.2, -0.15) is 0 Å². The highest BCUT2D eigenvalue weighted by Crippen LogP contribution is 2.25. The van der Waals surface area contributed by atoms with E-state index in [-0.39, 0.29) is 6.54 Å². The van der Waals surface area contributed by atoms with E-state index in [4.69, 9.17) is 16.7 Å². The van der Waals surface area contributed by atoms with E-state index in [1.807, 2.05) is 0 Å². The van der Waals surface area contributed by atoms with Crippen molar-refractivity contribution in [1.82, 2.24) is 5.32 Å². The topological polar surface area (TPSA) is 69.6 Å². The van der Waals surface area contributed by atoms with Crippen molar-refractivity contribution in [3.8, 4) is 0 Å². The largest absolute Gasteiger partial charge is 0.393 e. The number of benzene rings is 1. The third kappa shape index (κ3) is 3.96. The van der Waals surface area contributed by atoms with E-state index in [1.165, 1.54) is 6.92 Å². The number of rotatable bonds is 4. The van der Waals surface area contributed by atoms with Crippen LogP contribution in [0.4, 0.5) is 0 Å². The number of halogens is 2. The average Bonchev–Trinajstić information content (AvgIpc) is 2.30. The summed E-state index contributed by atoms with van der Waals surface area (Å²) >= 11 is 9.17. The first kappa shape index (κ1) is 14.4. The minimum atomic E-state index is -1.34. The van der Waals surface area contributed by atoms with Crippen molar-refractivity contribution in [3.63, 3.8) is 0 Å². The summed E-state index contributed by atoms with van der Waals surface area (Å²) in [5, 5.41) is 21.2. The summed E-state index contributed by atoms with van der Waals surface area (Å²) in [5.41, 5.74) is -1.02. The quantitative estimate of drug-likeness (QED) is 0.788. The fourth-order valence-corrected chi connectivity index (χ4v) is 1.68. The molecular weight excluding hydrogens is 309 g/mol. The summed E-state index contributed by atoms with van der Waals surface area (Å²) < 4.78 is 0.626. The molecule has 1 rings (SSSR count). The van der Waals surface area contributed by atoms with Gasteiger partial charge in [-0.05, 0) is 35.0 Å². The first-order valence-electron chi connectivity index (χ1n) is 4.93. The van der Waals surface area contributed by atoms with E-state index in [1.54, 1.807) is 18.2 Å². The van der Waals surface area contributed by atoms with Crippen molar-refractivity contribution in [2.75, 3.05) is 13.2 Å². The van der Waals surface area contributed by atoms with Crippen molar-refractivity contribution < 1.29 is 15.0 Å². The molecule has 0 bridgehead atoms. The Morgan fingerprint density at radius 2 is 2.24 bits per heavy atom. The smallest absolute Gasteiger partial charge is 0.252 e. The van der Waals surface area contributed by atoms with Gasteiger partial charge in [-0.25, -0.2) is 0 Å². The lowest BCUT2D eigenvalue weighted by Crippen LogP contribution is -2.43. The molecule has 0 aliphatic heterocycles. The zero-order valence-electron chi connectivity index (χ0n) is 9.20. The molecule has 0 radical (unpaired) electrons. The summed E-state index contributed by atoms with van der Waals surface area (Å²) in [6.45, 7) is 0.945. The van der Waals surface area contributed by atoms with Crippen molar-refractivity contribution in [2.45, 2.75) is 12.5 Å². The van der Waals surface area contributed by atoms with Crippen molar-refractivity contribution >= 4 is 33.4 Å². The van der Waals surface area contributed by atoms with Crippen LogP contribution in [0.25, 0.3) is 0 Å². The third-order valence-corrected chi connectivity index (χ3v) is 3.46. The number of nitrogens with one attached hydrogen (secondary N) is 1. The molecule has 0 spiro atoms. The minimum absolute atomic E-state index is 0.0504. The Balaban J connectivity index is 2.74. The Morgan fingerprint density at radius 1 is 1.59 bits per heavy atom. The molecule has 1 aromatic rings. The van der Waals surface area contributed by atoms with Gasteiger partial charge in [0.25, 0.3) is 5.91 Å². The predicted octanol–water partition coefficient (Wildman–Crippen LogP) is 1.58. The molecule has 0 aliphatic rings. The molecule has 0 heterocycles.